The lowest BCUT2D eigenvalue weighted by atomic mass is 10.1. The molecular formula is C15H6Cl4O3. The predicted molar refractivity (Wildman–Crippen MR) is 87.5 cm³/mol. The maximum Gasteiger partial charge on any atom is 0.233 e. The number of aromatic hydroxyl groups is 1. The standard InChI is InChI=1S/C15H6Cl4O3/c16-7-1-2-8(17)15-12(7)14(21)11(22-15)5-6-3-9(18)13(20)10(19)4-6/h1-5,20H. The van der Waals surface area contributed by atoms with Crippen molar-refractivity contribution < 1.29 is 14.6 Å². The molecule has 0 fully saturated rings. The van der Waals surface area contributed by atoms with E-state index < -0.39 is 0 Å². The van der Waals surface area contributed by atoms with Crippen molar-refractivity contribution in [3.05, 3.63) is 61.2 Å². The summed E-state index contributed by atoms with van der Waals surface area (Å²) in [6.45, 7) is 0. The Kier molecular flexibility index (Phi) is 4.00. The van der Waals surface area contributed by atoms with E-state index in [-0.39, 0.29) is 48.7 Å². The second-order valence-corrected chi connectivity index (χ2v) is 6.14. The largest absolute Gasteiger partial charge is 0.505 e. The lowest BCUT2D eigenvalue weighted by Crippen LogP contribution is -1.98. The first-order valence-electron chi connectivity index (χ1n) is 5.98. The number of rotatable bonds is 1. The van der Waals surface area contributed by atoms with Crippen molar-refractivity contribution in [2.75, 3.05) is 0 Å². The first-order valence-corrected chi connectivity index (χ1v) is 7.50. The van der Waals surface area contributed by atoms with E-state index in [9.17, 15) is 9.90 Å². The van der Waals surface area contributed by atoms with Crippen molar-refractivity contribution in [1.29, 1.82) is 0 Å². The van der Waals surface area contributed by atoms with E-state index in [1.165, 1.54) is 24.3 Å². The van der Waals surface area contributed by atoms with Crippen LogP contribution in [0.1, 0.15) is 15.9 Å². The molecule has 1 aliphatic heterocycles. The van der Waals surface area contributed by atoms with Crippen LogP contribution in [0.3, 0.4) is 0 Å². The Balaban J connectivity index is 2.07. The molecule has 1 N–H and O–H groups in total. The summed E-state index contributed by atoms with van der Waals surface area (Å²) < 4.78 is 5.49. The summed E-state index contributed by atoms with van der Waals surface area (Å²) in [6.07, 6.45) is 1.45. The van der Waals surface area contributed by atoms with Gasteiger partial charge in [0.2, 0.25) is 5.78 Å². The molecule has 0 aliphatic carbocycles. The van der Waals surface area contributed by atoms with Gasteiger partial charge in [-0.25, -0.2) is 0 Å². The van der Waals surface area contributed by atoms with Gasteiger partial charge in [0.1, 0.15) is 0 Å². The average molecular weight is 376 g/mol. The fourth-order valence-electron chi connectivity index (χ4n) is 2.04. The highest BCUT2D eigenvalue weighted by Crippen LogP contribution is 2.42. The van der Waals surface area contributed by atoms with E-state index in [0.717, 1.165) is 0 Å². The highest BCUT2D eigenvalue weighted by Gasteiger charge is 2.32. The van der Waals surface area contributed by atoms with Gasteiger partial charge in [0, 0.05) is 0 Å². The Morgan fingerprint density at radius 2 is 1.55 bits per heavy atom. The Morgan fingerprint density at radius 3 is 2.14 bits per heavy atom. The van der Waals surface area contributed by atoms with Gasteiger partial charge in [-0.05, 0) is 35.9 Å². The van der Waals surface area contributed by atoms with Crippen LogP contribution in [-0.4, -0.2) is 10.9 Å². The fraction of sp³-hybridized carbons (Fsp3) is 0. The average Bonchev–Trinajstić information content (AvgIpc) is 2.79. The number of hydrogen-bond acceptors (Lipinski definition) is 3. The van der Waals surface area contributed by atoms with Gasteiger partial charge in [0.25, 0.3) is 0 Å². The van der Waals surface area contributed by atoms with Gasteiger partial charge in [-0.2, -0.15) is 0 Å². The van der Waals surface area contributed by atoms with Crippen LogP contribution in [-0.2, 0) is 0 Å². The molecule has 1 aliphatic rings. The molecule has 3 nitrogen and oxygen atoms in total. The van der Waals surface area contributed by atoms with Gasteiger partial charge in [-0.3, -0.25) is 4.79 Å². The molecule has 0 amide bonds. The number of carbonyl (C=O) groups excluding carboxylic acids is 1. The molecule has 0 aromatic heterocycles. The zero-order chi connectivity index (χ0) is 16.0. The molecule has 1 heterocycles. The predicted octanol–water partition coefficient (Wildman–Crippen LogP) is 5.62. The lowest BCUT2D eigenvalue weighted by molar-refractivity contribution is 0.101. The monoisotopic (exact) mass is 374 g/mol. The number of halogens is 4. The molecule has 0 atom stereocenters. The Labute approximate surface area is 145 Å². The van der Waals surface area contributed by atoms with Gasteiger partial charge < -0.3 is 9.84 Å². The first kappa shape index (κ1) is 15.5. The Bertz CT molecular complexity index is 820. The minimum atomic E-state index is -0.386. The van der Waals surface area contributed by atoms with Crippen LogP contribution >= 0.6 is 46.4 Å². The van der Waals surface area contributed by atoms with Gasteiger partial charge >= 0.3 is 0 Å². The number of ether oxygens (including phenoxy) is 1. The lowest BCUT2D eigenvalue weighted by Gasteiger charge is -2.03. The van der Waals surface area contributed by atoms with Gasteiger partial charge in [-0.1, -0.05) is 46.4 Å². The summed E-state index contributed by atoms with van der Waals surface area (Å²) in [5, 5.41) is 10.2. The summed E-state index contributed by atoms with van der Waals surface area (Å²) in [5.41, 5.74) is 0.715. The number of Topliss-reactive ketones (excluding diaryl/α,β-unsaturated/α-hetero) is 1. The number of hydrogen-bond donors (Lipinski definition) is 1. The minimum Gasteiger partial charge on any atom is -0.505 e. The molecule has 2 aromatic carbocycles. The minimum absolute atomic E-state index is 0.0443. The molecule has 7 heteroatoms. The molecule has 0 saturated carbocycles. The summed E-state index contributed by atoms with van der Waals surface area (Å²) in [6, 6.07) is 5.99. The highest BCUT2D eigenvalue weighted by molar-refractivity contribution is 6.39. The topological polar surface area (TPSA) is 46.5 Å². The van der Waals surface area contributed by atoms with E-state index in [2.05, 4.69) is 0 Å². The summed E-state index contributed by atoms with van der Waals surface area (Å²) in [4.78, 5) is 12.4. The number of ketones is 1. The zero-order valence-corrected chi connectivity index (χ0v) is 13.7. The van der Waals surface area contributed by atoms with Crippen LogP contribution < -0.4 is 4.74 Å². The van der Waals surface area contributed by atoms with Crippen molar-refractivity contribution in [3.8, 4) is 11.5 Å². The van der Waals surface area contributed by atoms with Gasteiger partial charge in [0.15, 0.2) is 17.3 Å². The fourth-order valence-corrected chi connectivity index (χ4v) is 2.97. The summed E-state index contributed by atoms with van der Waals surface area (Å²) in [7, 11) is 0. The number of benzene rings is 2. The maximum atomic E-state index is 12.4. The second-order valence-electron chi connectivity index (χ2n) is 4.51. The highest BCUT2D eigenvalue weighted by atomic mass is 35.5. The molecule has 22 heavy (non-hydrogen) atoms. The van der Waals surface area contributed by atoms with E-state index in [1.54, 1.807) is 6.07 Å². The smallest absolute Gasteiger partial charge is 0.233 e. The molecule has 0 spiro atoms. The molecule has 0 radical (unpaired) electrons. The number of phenols is 1. The van der Waals surface area contributed by atoms with Crippen molar-refractivity contribution in [1.82, 2.24) is 0 Å². The molecular weight excluding hydrogens is 370 g/mol. The first-order chi connectivity index (χ1) is 10.4. The van der Waals surface area contributed by atoms with Gasteiger partial charge in [0.05, 0.1) is 25.7 Å². The number of fused-ring (bicyclic) bond motifs is 1. The molecule has 0 saturated heterocycles. The maximum absolute atomic E-state index is 12.4. The summed E-state index contributed by atoms with van der Waals surface area (Å²) in [5.74, 6) is -0.342. The number of allylic oxidation sites excluding steroid dienone is 1. The van der Waals surface area contributed by atoms with Crippen LogP contribution in [0.5, 0.6) is 11.5 Å². The van der Waals surface area contributed by atoms with Crippen molar-refractivity contribution in [2.24, 2.45) is 0 Å². The van der Waals surface area contributed by atoms with Crippen LogP contribution in [0.2, 0.25) is 20.1 Å². The molecule has 3 rings (SSSR count). The second kappa shape index (κ2) is 5.67. The van der Waals surface area contributed by atoms with Crippen LogP contribution in [0.25, 0.3) is 6.08 Å². The third kappa shape index (κ3) is 2.55. The molecule has 2 aromatic rings. The Morgan fingerprint density at radius 1 is 0.955 bits per heavy atom. The molecule has 0 unspecified atom stereocenters. The summed E-state index contributed by atoms with van der Waals surface area (Å²) >= 11 is 23.7. The third-order valence-electron chi connectivity index (χ3n) is 3.06. The van der Waals surface area contributed by atoms with E-state index >= 15 is 0 Å². The van der Waals surface area contributed by atoms with E-state index in [1.807, 2.05) is 0 Å². The normalized spacial score (nSPS) is 15.1. The third-order valence-corrected chi connectivity index (χ3v) is 4.25. The van der Waals surface area contributed by atoms with Crippen LogP contribution in [0, 0.1) is 0 Å². The quantitative estimate of drug-likeness (QED) is 0.657. The molecule has 112 valence electrons. The van der Waals surface area contributed by atoms with Crippen LogP contribution in [0.15, 0.2) is 30.0 Å². The zero-order valence-electron chi connectivity index (χ0n) is 10.7. The van der Waals surface area contributed by atoms with E-state index in [0.29, 0.717) is 5.56 Å². The van der Waals surface area contributed by atoms with Crippen LogP contribution in [0.4, 0.5) is 0 Å². The van der Waals surface area contributed by atoms with Crippen molar-refractivity contribution in [3.63, 3.8) is 0 Å². The number of carbonyl (C=O) groups is 1. The molecule has 0 bridgehead atoms. The number of phenolic OH excluding ortho intramolecular Hbond substituents is 1. The van der Waals surface area contributed by atoms with Gasteiger partial charge in [-0.15, -0.1) is 0 Å². The SMILES string of the molecule is O=C1C(=Cc2cc(Cl)c(O)c(Cl)c2)Oc2c(Cl)ccc(Cl)c21. The Hall–Kier alpha value is -1.39. The van der Waals surface area contributed by atoms with Crippen molar-refractivity contribution >= 4 is 58.3 Å². The van der Waals surface area contributed by atoms with Crippen molar-refractivity contribution in [2.45, 2.75) is 0 Å². The van der Waals surface area contributed by atoms with E-state index in [4.69, 9.17) is 51.1 Å².